The summed E-state index contributed by atoms with van der Waals surface area (Å²) in [7, 11) is -7.47. The van der Waals surface area contributed by atoms with Gasteiger partial charge in [-0.3, -0.25) is 43.0 Å². The molecule has 3 aromatic rings. The van der Waals surface area contributed by atoms with Crippen LogP contribution in [0.4, 0.5) is 11.4 Å². The molecule has 5 heterocycles. The number of aliphatic hydroxyl groups is 1. The van der Waals surface area contributed by atoms with Crippen molar-refractivity contribution in [3.05, 3.63) is 87.8 Å². The Labute approximate surface area is 498 Å². The van der Waals surface area contributed by atoms with E-state index in [-0.39, 0.29) is 67.4 Å². The van der Waals surface area contributed by atoms with E-state index >= 15 is 0 Å². The second-order valence-corrected chi connectivity index (χ2v) is 27.7. The molecule has 3 aromatic carbocycles. The van der Waals surface area contributed by atoms with E-state index in [2.05, 4.69) is 34.4 Å². The number of fused-ring (bicyclic) bond motifs is 13. The van der Waals surface area contributed by atoms with E-state index in [0.29, 0.717) is 31.8 Å². The number of nitrogens with zero attached hydrogens (tertiary/aromatic N) is 4. The van der Waals surface area contributed by atoms with Gasteiger partial charge in [-0.25, -0.2) is 4.99 Å². The number of Topliss-reactive ketones (excluding diaryl/α,β-unsaturated/α-hetero) is 1. The van der Waals surface area contributed by atoms with Gasteiger partial charge in [-0.2, -0.15) is 0 Å². The van der Waals surface area contributed by atoms with Gasteiger partial charge in [0.25, 0.3) is 11.7 Å². The van der Waals surface area contributed by atoms with Crippen molar-refractivity contribution in [3.8, 4) is 17.2 Å². The Balaban J connectivity index is 1.24. The molecule has 0 aliphatic carbocycles. The van der Waals surface area contributed by atoms with Crippen LogP contribution in [0, 0.1) is 36.5 Å². The number of aromatic hydroxyl groups is 2. The first-order chi connectivity index (χ1) is 40.1. The molecule has 8 rings (SSSR count). The second-order valence-electron chi connectivity index (χ2n) is 23.7. The van der Waals surface area contributed by atoms with Crippen molar-refractivity contribution >= 4 is 66.9 Å². The predicted molar refractivity (Wildman–Crippen MR) is 316 cm³/mol. The highest BCUT2D eigenvalue weighted by molar-refractivity contribution is 7.70. The molecule has 9 N–H and O–H groups in total. The van der Waals surface area contributed by atoms with Crippen LogP contribution in [0.15, 0.2) is 70.4 Å². The average molecular weight is 1240 g/mol. The van der Waals surface area contributed by atoms with Crippen molar-refractivity contribution < 1.29 is 91.7 Å². The summed E-state index contributed by atoms with van der Waals surface area (Å²) >= 11 is 0. The average Bonchev–Trinajstić information content (AvgIpc) is 1.51. The lowest BCUT2D eigenvalue weighted by Gasteiger charge is -2.39. The van der Waals surface area contributed by atoms with Crippen molar-refractivity contribution in [1.29, 1.82) is 0 Å². The highest BCUT2D eigenvalue weighted by atomic mass is 31.2. The van der Waals surface area contributed by atoms with Gasteiger partial charge >= 0.3 is 32.9 Å². The number of hydrogen-bond acceptors (Lipinski definition) is 19. The van der Waals surface area contributed by atoms with Gasteiger partial charge < -0.3 is 74.1 Å². The topological polar surface area (TPSA) is 363 Å². The van der Waals surface area contributed by atoms with Gasteiger partial charge in [0.2, 0.25) is 5.91 Å². The molecule has 5 bridgehead atoms. The first-order valence-electron chi connectivity index (χ1n) is 28.4. The standard InChI is InChI=1S/C59H80N6O19P2/c1-30(2)27-65-23-21-59(22-24-65)62-47-44-45-51(70)36(8)55-46(44)56(72)58(10,84-55)81-25-20-40(80-12)33(5)54(82-37(9)66)35(7)50(69)34(6)53(31(3)14-13-15-32(4)57(73)61-49(52(45)71)48(47)63-59)83-42(68)29-64(11)28-41(67)60-39-18-16-38(17-19-39)26-43(85(74,75)76)86(77,78)79/h13-20,25,30-31,33-35,40,43,50,53-54,62,69-71H,21-24,26-29H2,1-12H3,(H,60,67)(H2,74,75,76)(H2,77,78,79)/b14-13+,25-20+,32-15-,61-49?/t31-,33+,34-,35+,40-,50+,53-,54+,58-/m0/s1. The maximum absolute atomic E-state index is 15.0. The zero-order valence-corrected chi connectivity index (χ0v) is 52.1. The van der Waals surface area contributed by atoms with Crippen molar-refractivity contribution in [2.75, 3.05) is 57.5 Å². The van der Waals surface area contributed by atoms with E-state index in [4.69, 9.17) is 28.7 Å². The third-order valence-electron chi connectivity index (χ3n) is 16.4. The van der Waals surface area contributed by atoms with E-state index in [1.54, 1.807) is 39.8 Å². The van der Waals surface area contributed by atoms with Crippen molar-refractivity contribution in [1.82, 2.24) is 9.80 Å². The number of esters is 2. The van der Waals surface area contributed by atoms with Gasteiger partial charge in [-0.1, -0.05) is 71.9 Å². The Hall–Kier alpha value is -6.37. The van der Waals surface area contributed by atoms with E-state index in [1.807, 2.05) is 0 Å². The van der Waals surface area contributed by atoms with Crippen LogP contribution >= 0.6 is 15.2 Å². The molecule has 0 radical (unpaired) electrons. The molecular formula is C59H80N6O19P2. The Morgan fingerprint density at radius 3 is 2.12 bits per heavy atom. The van der Waals surface area contributed by atoms with Crippen LogP contribution in [-0.2, 0) is 53.7 Å². The van der Waals surface area contributed by atoms with Crippen LogP contribution < -0.4 is 26.1 Å². The third kappa shape index (κ3) is 14.8. The molecule has 1 spiro atoms. The van der Waals surface area contributed by atoms with Gasteiger partial charge in [0.15, 0.2) is 11.1 Å². The first-order valence-corrected chi connectivity index (χ1v) is 31.7. The number of allylic oxidation sites excluding steroid dienone is 2. The number of methoxy groups -OCH3 is 1. The van der Waals surface area contributed by atoms with E-state index in [9.17, 15) is 68.0 Å². The molecule has 470 valence electrons. The lowest BCUT2D eigenvalue weighted by Crippen LogP contribution is -2.48. The molecule has 0 saturated carbocycles. The lowest BCUT2D eigenvalue weighted by molar-refractivity contribution is -0.165. The quantitative estimate of drug-likeness (QED) is 0.0576. The van der Waals surface area contributed by atoms with Crippen LogP contribution in [0.3, 0.4) is 0 Å². The van der Waals surface area contributed by atoms with Crippen LogP contribution in [0.5, 0.6) is 17.2 Å². The number of rotatable bonds is 14. The monoisotopic (exact) mass is 1240 g/mol. The number of likely N-dealkylation sites (tertiary alicyclic amines) is 1. The summed E-state index contributed by atoms with van der Waals surface area (Å²) in [5.74, 6) is -9.42. The van der Waals surface area contributed by atoms with Gasteiger partial charge in [0.1, 0.15) is 40.1 Å². The summed E-state index contributed by atoms with van der Waals surface area (Å²) < 4.78 is 54.1. The number of ether oxygens (including phenoxy) is 5. The van der Waals surface area contributed by atoms with Crippen LogP contribution in [0.25, 0.3) is 10.8 Å². The Morgan fingerprint density at radius 2 is 1.52 bits per heavy atom. The fourth-order valence-corrected chi connectivity index (χ4v) is 14.2. The van der Waals surface area contributed by atoms with E-state index < -0.39 is 134 Å². The molecule has 5 aliphatic heterocycles. The smallest absolute Gasteiger partial charge is 0.341 e. The van der Waals surface area contributed by atoms with Crippen LogP contribution in [0.1, 0.15) is 96.6 Å². The van der Waals surface area contributed by atoms with E-state index in [1.165, 1.54) is 89.4 Å². The number of phenolic OH excluding ortho intramolecular Hbond substituents is 2. The number of aliphatic hydroxyl groups excluding tert-OH is 1. The summed E-state index contributed by atoms with van der Waals surface area (Å²) in [6, 6.07) is 5.45. The SMILES string of the molecule is CO[C@H]1/C=C/O[C@@]2(C)Oc3c(C)c(O)c4c(O)c(c5c(c4c3C2=O)NC2(CCN(CC(C)C)CC2)N=5)=NC(=O)/C(C)=C\C=C\[C@H](C)[C@H](OC(=O)CN(C)CC(=O)Nc2ccc(CC(P(=O)(O)O)P(=O)(O)O)cc2)[C@@H](C)[C@@H](O)[C@@H](C)[C@H](OC(C)=O)[C@@H]1C. The molecule has 1 fully saturated rings. The maximum Gasteiger partial charge on any atom is 0.341 e. The molecule has 25 nitrogen and oxygen atoms in total. The number of nitrogens with one attached hydrogen (secondary N) is 2. The number of phenols is 2. The summed E-state index contributed by atoms with van der Waals surface area (Å²) in [6.45, 7) is 18.1. The number of hydrogen-bond donors (Lipinski definition) is 9. The lowest BCUT2D eigenvalue weighted by atomic mass is 9.78. The number of amides is 2. The molecular weight excluding hydrogens is 1160 g/mol. The number of carbonyl (C=O) groups excluding carboxylic acids is 5. The zero-order chi connectivity index (χ0) is 63.7. The maximum atomic E-state index is 15.0. The normalized spacial score (nSPS) is 27.0. The third-order valence-corrected chi connectivity index (χ3v) is 20.1. The molecule has 0 unspecified atom stereocenters. The van der Waals surface area contributed by atoms with Crippen molar-refractivity contribution in [2.45, 2.75) is 130 Å². The minimum absolute atomic E-state index is 0.00531. The zero-order valence-electron chi connectivity index (χ0n) is 50.3. The number of piperidine rings is 1. The summed E-state index contributed by atoms with van der Waals surface area (Å²) in [5, 5.41) is 40.4. The summed E-state index contributed by atoms with van der Waals surface area (Å²) in [4.78, 5) is 121. The Morgan fingerprint density at radius 1 is 0.895 bits per heavy atom. The highest BCUT2D eigenvalue weighted by Gasteiger charge is 2.51. The summed E-state index contributed by atoms with van der Waals surface area (Å²) in [5.41, 5.74) is -0.0902. The Bertz CT molecular complexity index is 3420. The van der Waals surface area contributed by atoms with Crippen LogP contribution in [0.2, 0.25) is 0 Å². The van der Waals surface area contributed by atoms with Crippen molar-refractivity contribution in [3.63, 3.8) is 0 Å². The fraction of sp³-hybridized carbons (Fsp3) is 0.542. The minimum atomic E-state index is -5.18. The molecule has 1 saturated heterocycles. The fourth-order valence-electron chi connectivity index (χ4n) is 11.7. The molecule has 27 heteroatoms. The number of ketones is 1. The largest absolute Gasteiger partial charge is 0.507 e. The Kier molecular flexibility index (Phi) is 20.7. The van der Waals surface area contributed by atoms with Gasteiger partial charge in [0.05, 0.1) is 48.2 Å². The van der Waals surface area contributed by atoms with Crippen LogP contribution in [-0.4, -0.2) is 162 Å². The first kappa shape index (κ1) is 67.1. The number of anilines is 2. The number of likely N-dealkylation sites (N-methyl/N-ethyl adjacent to an activating group) is 1. The highest BCUT2D eigenvalue weighted by Crippen LogP contribution is 2.61. The van der Waals surface area contributed by atoms with Crippen molar-refractivity contribution in [2.24, 2.45) is 39.6 Å². The molecule has 9 atom stereocenters. The van der Waals surface area contributed by atoms with Gasteiger partial charge in [-0.15, -0.1) is 0 Å². The molecule has 86 heavy (non-hydrogen) atoms. The number of carbonyl (C=O) groups is 5. The minimum Gasteiger partial charge on any atom is -0.507 e. The second kappa shape index (κ2) is 26.5. The van der Waals surface area contributed by atoms with E-state index in [0.717, 1.165) is 6.54 Å². The van der Waals surface area contributed by atoms with Gasteiger partial charge in [-0.05, 0) is 57.0 Å². The molecule has 2 amide bonds. The number of benzene rings is 3. The summed E-state index contributed by atoms with van der Waals surface area (Å²) in [6.07, 6.45) is 3.32. The molecule has 0 aromatic heterocycles. The predicted octanol–water partition coefficient (Wildman–Crippen LogP) is 5.09. The van der Waals surface area contributed by atoms with Gasteiger partial charge in [0, 0.05) is 99.3 Å². The molecule has 5 aliphatic rings.